The molecule has 17 heavy (non-hydrogen) atoms. The normalized spacial score (nSPS) is 25.1. The molecule has 1 saturated heterocycles. The first-order chi connectivity index (χ1) is 7.83. The third-order valence-corrected chi connectivity index (χ3v) is 2.89. The van der Waals surface area contributed by atoms with Gasteiger partial charge in [0.05, 0.1) is 18.8 Å². The van der Waals surface area contributed by atoms with Gasteiger partial charge in [0.2, 0.25) is 0 Å². The van der Waals surface area contributed by atoms with Crippen LogP contribution in [0, 0.1) is 0 Å². The minimum atomic E-state index is -3.73. The van der Waals surface area contributed by atoms with Crippen LogP contribution >= 0.6 is 0 Å². The van der Waals surface area contributed by atoms with Gasteiger partial charge in [-0.2, -0.15) is 8.42 Å². The van der Waals surface area contributed by atoms with Crippen molar-refractivity contribution in [3.8, 4) is 0 Å². The Bertz CT molecular complexity index is 443. The van der Waals surface area contributed by atoms with Crippen molar-refractivity contribution in [1.82, 2.24) is 4.90 Å². The molecule has 1 N–H and O–H groups in total. The van der Waals surface area contributed by atoms with Crippen LogP contribution in [-0.2, 0) is 14.3 Å². The quantitative estimate of drug-likeness (QED) is 0.341. The topological polar surface area (TPSA) is 133 Å². The molecule has 9 nitrogen and oxygen atoms in total. The Kier molecular flexibility index (Phi) is 4.16. The van der Waals surface area contributed by atoms with Gasteiger partial charge in [0, 0.05) is 11.5 Å². The summed E-state index contributed by atoms with van der Waals surface area (Å²) in [5, 5.41) is 12.2. The van der Waals surface area contributed by atoms with E-state index >= 15 is 0 Å². The van der Waals surface area contributed by atoms with Crippen molar-refractivity contribution in [3.05, 3.63) is 10.4 Å². The molecule has 1 aliphatic rings. The summed E-state index contributed by atoms with van der Waals surface area (Å²) in [5.74, 6) is 0. The van der Waals surface area contributed by atoms with Gasteiger partial charge in [-0.15, -0.1) is 0 Å². The Morgan fingerprint density at radius 3 is 2.76 bits per heavy atom. The SMILES string of the molecule is CS(=O)(=O)O[C@@H]1CN(C(=O)O)CC[C@H]1N=[N+]=[N-]. The maximum Gasteiger partial charge on any atom is 0.407 e. The molecule has 0 unspecified atom stereocenters. The van der Waals surface area contributed by atoms with Crippen LogP contribution in [0.5, 0.6) is 0 Å². The fraction of sp³-hybridized carbons (Fsp3) is 0.857. The highest BCUT2D eigenvalue weighted by Crippen LogP contribution is 2.19. The number of piperidine rings is 1. The van der Waals surface area contributed by atoms with Crippen LogP contribution in [0.2, 0.25) is 0 Å². The molecule has 0 spiro atoms. The second kappa shape index (κ2) is 5.21. The Hall–Kier alpha value is -1.51. The minimum absolute atomic E-state index is 0.133. The molecule has 0 saturated carbocycles. The van der Waals surface area contributed by atoms with Gasteiger partial charge < -0.3 is 10.0 Å². The molecule has 1 aliphatic heterocycles. The molecule has 96 valence electrons. The van der Waals surface area contributed by atoms with E-state index in [4.69, 9.17) is 14.8 Å². The number of nitrogens with zero attached hydrogens (tertiary/aromatic N) is 4. The first-order valence-corrected chi connectivity index (χ1v) is 6.55. The molecule has 1 amide bonds. The molecule has 0 aromatic rings. The lowest BCUT2D eigenvalue weighted by atomic mass is 10.0. The Morgan fingerprint density at radius 1 is 1.65 bits per heavy atom. The summed E-state index contributed by atoms with van der Waals surface area (Å²) < 4.78 is 26.7. The molecule has 0 aromatic carbocycles. The summed E-state index contributed by atoms with van der Waals surface area (Å²) in [6.45, 7) is 0.0503. The fourth-order valence-electron chi connectivity index (χ4n) is 1.60. The number of rotatable bonds is 3. The predicted molar refractivity (Wildman–Crippen MR) is 56.9 cm³/mol. The van der Waals surface area contributed by atoms with Crippen molar-refractivity contribution in [2.24, 2.45) is 5.11 Å². The molecule has 1 fully saturated rings. The van der Waals surface area contributed by atoms with Gasteiger partial charge in [-0.25, -0.2) is 4.79 Å². The maximum absolute atomic E-state index is 11.0. The van der Waals surface area contributed by atoms with Crippen LogP contribution in [0.1, 0.15) is 6.42 Å². The minimum Gasteiger partial charge on any atom is -0.465 e. The first kappa shape index (κ1) is 13.6. The average molecular weight is 264 g/mol. The van der Waals surface area contributed by atoms with Crippen LogP contribution < -0.4 is 0 Å². The predicted octanol–water partition coefficient (Wildman–Crippen LogP) is 0.394. The summed E-state index contributed by atoms with van der Waals surface area (Å²) in [6, 6.07) is -0.676. The summed E-state index contributed by atoms with van der Waals surface area (Å²) in [4.78, 5) is 14.4. The number of amides is 1. The lowest BCUT2D eigenvalue weighted by Crippen LogP contribution is -2.49. The van der Waals surface area contributed by atoms with Gasteiger partial charge in [-0.3, -0.25) is 4.18 Å². The maximum atomic E-state index is 11.0. The third kappa shape index (κ3) is 4.10. The van der Waals surface area contributed by atoms with E-state index in [1.54, 1.807) is 0 Å². The number of azide groups is 1. The van der Waals surface area contributed by atoms with E-state index in [0.29, 0.717) is 0 Å². The zero-order valence-corrected chi connectivity index (χ0v) is 9.87. The number of carboxylic acid groups (broad SMARTS) is 1. The van der Waals surface area contributed by atoms with Gasteiger partial charge in [0.1, 0.15) is 6.10 Å². The highest BCUT2D eigenvalue weighted by molar-refractivity contribution is 7.86. The summed E-state index contributed by atoms with van der Waals surface area (Å²) in [6.07, 6.45) is -1.03. The standard InChI is InChI=1S/C7H12N4O5S/c1-17(14,15)16-6-4-11(7(12)13)3-2-5(6)9-10-8/h5-6H,2-4H2,1H3,(H,12,13)/t5-,6-/m1/s1. The van der Waals surface area contributed by atoms with Crippen LogP contribution in [0.4, 0.5) is 4.79 Å². The van der Waals surface area contributed by atoms with E-state index in [2.05, 4.69) is 10.0 Å². The molecule has 10 heteroatoms. The lowest BCUT2D eigenvalue weighted by Gasteiger charge is -2.33. The van der Waals surface area contributed by atoms with Crippen molar-refractivity contribution in [3.63, 3.8) is 0 Å². The average Bonchev–Trinajstić information content (AvgIpc) is 2.18. The third-order valence-electron chi connectivity index (χ3n) is 2.29. The van der Waals surface area contributed by atoms with Crippen molar-refractivity contribution >= 4 is 16.2 Å². The molecule has 0 bridgehead atoms. The Balaban J connectivity index is 2.83. The molecular weight excluding hydrogens is 252 g/mol. The van der Waals surface area contributed by atoms with Gasteiger partial charge in [0.25, 0.3) is 10.1 Å². The highest BCUT2D eigenvalue weighted by Gasteiger charge is 2.33. The zero-order chi connectivity index (χ0) is 13.1. The number of carbonyl (C=O) groups is 1. The van der Waals surface area contributed by atoms with Gasteiger partial charge in [0.15, 0.2) is 0 Å². The first-order valence-electron chi connectivity index (χ1n) is 4.74. The van der Waals surface area contributed by atoms with E-state index in [1.807, 2.05) is 0 Å². The van der Waals surface area contributed by atoms with Gasteiger partial charge in [-0.1, -0.05) is 5.11 Å². The Labute approximate surface area is 97.7 Å². The van der Waals surface area contributed by atoms with E-state index in [1.165, 1.54) is 0 Å². The largest absolute Gasteiger partial charge is 0.465 e. The van der Waals surface area contributed by atoms with E-state index < -0.39 is 28.4 Å². The molecular formula is C7H12N4O5S. The van der Waals surface area contributed by atoms with Crippen molar-refractivity contribution in [2.75, 3.05) is 19.3 Å². The van der Waals surface area contributed by atoms with Gasteiger partial charge in [-0.05, 0) is 12.0 Å². The van der Waals surface area contributed by atoms with Gasteiger partial charge >= 0.3 is 6.09 Å². The molecule has 1 heterocycles. The van der Waals surface area contributed by atoms with Crippen LogP contribution in [0.3, 0.4) is 0 Å². The van der Waals surface area contributed by atoms with Crippen LogP contribution in [0.25, 0.3) is 10.4 Å². The second-order valence-electron chi connectivity index (χ2n) is 3.63. The number of hydrogen-bond donors (Lipinski definition) is 1. The molecule has 1 rings (SSSR count). The molecule has 2 atom stereocenters. The van der Waals surface area contributed by atoms with Crippen molar-refractivity contribution < 1.29 is 22.5 Å². The number of likely N-dealkylation sites (tertiary alicyclic amines) is 1. The fourth-order valence-corrected chi connectivity index (χ4v) is 2.23. The van der Waals surface area contributed by atoms with Crippen molar-refractivity contribution in [2.45, 2.75) is 18.6 Å². The summed E-state index contributed by atoms with van der Waals surface area (Å²) in [5.41, 5.74) is 8.33. The van der Waals surface area contributed by atoms with E-state index in [9.17, 15) is 13.2 Å². The van der Waals surface area contributed by atoms with Crippen LogP contribution in [-0.4, -0.2) is 56.0 Å². The monoisotopic (exact) mass is 264 g/mol. The second-order valence-corrected chi connectivity index (χ2v) is 5.23. The number of hydrogen-bond acceptors (Lipinski definition) is 5. The lowest BCUT2D eigenvalue weighted by molar-refractivity contribution is 0.0705. The smallest absolute Gasteiger partial charge is 0.407 e. The molecule has 0 aromatic heterocycles. The van der Waals surface area contributed by atoms with Crippen molar-refractivity contribution in [1.29, 1.82) is 0 Å². The molecule has 0 aliphatic carbocycles. The summed E-state index contributed by atoms with van der Waals surface area (Å²) in [7, 11) is -3.73. The van der Waals surface area contributed by atoms with E-state index in [-0.39, 0.29) is 19.5 Å². The zero-order valence-electron chi connectivity index (χ0n) is 9.05. The molecule has 0 radical (unpaired) electrons. The Morgan fingerprint density at radius 2 is 2.29 bits per heavy atom. The van der Waals surface area contributed by atoms with Crippen LogP contribution in [0.15, 0.2) is 5.11 Å². The summed E-state index contributed by atoms with van der Waals surface area (Å²) >= 11 is 0. The highest BCUT2D eigenvalue weighted by atomic mass is 32.2. The van der Waals surface area contributed by atoms with E-state index in [0.717, 1.165) is 11.2 Å².